The summed E-state index contributed by atoms with van der Waals surface area (Å²) in [5, 5.41) is 17.8. The van der Waals surface area contributed by atoms with E-state index in [2.05, 4.69) is 9.97 Å². The number of aromatic amines is 1. The Kier molecular flexibility index (Phi) is 2.61. The maximum Gasteiger partial charge on any atom is 0.336 e. The summed E-state index contributed by atoms with van der Waals surface area (Å²) in [6.45, 7) is 0. The van der Waals surface area contributed by atoms with E-state index in [-0.39, 0.29) is 11.1 Å². The van der Waals surface area contributed by atoms with Gasteiger partial charge in [0.15, 0.2) is 0 Å². The van der Waals surface area contributed by atoms with Crippen molar-refractivity contribution in [3.8, 4) is 11.4 Å². The van der Waals surface area contributed by atoms with Crippen molar-refractivity contribution in [2.45, 2.75) is 0 Å². The van der Waals surface area contributed by atoms with Crippen LogP contribution < -0.4 is 0 Å². The number of imidazole rings is 1. The highest BCUT2D eigenvalue weighted by Crippen LogP contribution is 2.19. The van der Waals surface area contributed by atoms with Crippen LogP contribution in [0.5, 0.6) is 0 Å². The molecule has 3 N–H and O–H groups in total. The zero-order valence-corrected chi connectivity index (χ0v) is 8.54. The fourth-order valence-electron chi connectivity index (χ4n) is 1.48. The Morgan fingerprint density at radius 2 is 1.82 bits per heavy atom. The van der Waals surface area contributed by atoms with E-state index in [1.807, 2.05) is 0 Å². The molecule has 86 valence electrons. The van der Waals surface area contributed by atoms with E-state index in [1.165, 1.54) is 24.4 Å². The summed E-state index contributed by atoms with van der Waals surface area (Å²) in [6.07, 6.45) is 3.13. The van der Waals surface area contributed by atoms with Crippen LogP contribution in [0.4, 0.5) is 0 Å². The smallest absolute Gasteiger partial charge is 0.336 e. The molecule has 0 spiro atoms. The van der Waals surface area contributed by atoms with E-state index >= 15 is 0 Å². The molecule has 2 aromatic rings. The number of benzene rings is 1. The molecule has 0 atom stereocenters. The predicted octanol–water partition coefficient (Wildman–Crippen LogP) is 1.47. The van der Waals surface area contributed by atoms with E-state index < -0.39 is 11.9 Å². The van der Waals surface area contributed by atoms with Crippen molar-refractivity contribution in [3.05, 3.63) is 41.7 Å². The molecule has 0 unspecified atom stereocenters. The second kappa shape index (κ2) is 4.09. The molecule has 1 aromatic heterocycles. The molecule has 1 aromatic carbocycles. The lowest BCUT2D eigenvalue weighted by Gasteiger charge is -2.03. The van der Waals surface area contributed by atoms with Gasteiger partial charge < -0.3 is 15.2 Å². The molecular weight excluding hydrogens is 224 g/mol. The van der Waals surface area contributed by atoms with Crippen LogP contribution in [0.3, 0.4) is 0 Å². The number of aromatic carboxylic acids is 2. The molecule has 6 nitrogen and oxygen atoms in total. The number of hydrogen-bond donors (Lipinski definition) is 3. The number of carboxylic acid groups (broad SMARTS) is 2. The quantitative estimate of drug-likeness (QED) is 0.743. The van der Waals surface area contributed by atoms with Crippen molar-refractivity contribution in [1.29, 1.82) is 0 Å². The van der Waals surface area contributed by atoms with Gasteiger partial charge in [0.1, 0.15) is 5.82 Å². The summed E-state index contributed by atoms with van der Waals surface area (Å²) in [7, 11) is 0. The van der Waals surface area contributed by atoms with Crippen molar-refractivity contribution in [2.24, 2.45) is 0 Å². The van der Waals surface area contributed by atoms with Crippen LogP contribution in [-0.4, -0.2) is 32.1 Å². The molecule has 0 fully saturated rings. The largest absolute Gasteiger partial charge is 0.478 e. The van der Waals surface area contributed by atoms with E-state index in [4.69, 9.17) is 10.2 Å². The average molecular weight is 232 g/mol. The number of nitrogens with one attached hydrogen (secondary N) is 1. The molecule has 0 amide bonds. The Balaban J connectivity index is 2.57. The van der Waals surface area contributed by atoms with Crippen molar-refractivity contribution in [3.63, 3.8) is 0 Å². The van der Waals surface area contributed by atoms with Gasteiger partial charge in [-0.3, -0.25) is 0 Å². The fourth-order valence-corrected chi connectivity index (χ4v) is 1.48. The molecule has 6 heteroatoms. The molecule has 2 rings (SSSR count). The minimum Gasteiger partial charge on any atom is -0.478 e. The minimum atomic E-state index is -1.28. The molecule has 1 heterocycles. The third kappa shape index (κ3) is 2.00. The van der Waals surface area contributed by atoms with Crippen molar-refractivity contribution in [1.82, 2.24) is 9.97 Å². The lowest BCUT2D eigenvalue weighted by atomic mass is 10.0. The maximum atomic E-state index is 11.0. The molecule has 17 heavy (non-hydrogen) atoms. The van der Waals surface area contributed by atoms with Crippen LogP contribution in [0.25, 0.3) is 11.4 Å². The Morgan fingerprint density at radius 1 is 1.12 bits per heavy atom. The van der Waals surface area contributed by atoms with Crippen LogP contribution in [0.2, 0.25) is 0 Å². The second-order valence-electron chi connectivity index (χ2n) is 3.31. The Bertz CT molecular complexity index is 575. The Morgan fingerprint density at radius 3 is 2.35 bits per heavy atom. The number of nitrogens with zero attached hydrogens (tertiary/aromatic N) is 1. The molecule has 0 aliphatic rings. The summed E-state index contributed by atoms with van der Waals surface area (Å²) in [5.41, 5.74) is 0.0246. The Hall–Kier alpha value is -2.63. The molecule has 0 bridgehead atoms. The minimum absolute atomic E-state index is 0.243. The van der Waals surface area contributed by atoms with Gasteiger partial charge in [0, 0.05) is 18.0 Å². The van der Waals surface area contributed by atoms with Gasteiger partial charge in [-0.1, -0.05) is 6.07 Å². The van der Waals surface area contributed by atoms with Gasteiger partial charge in [-0.05, 0) is 12.1 Å². The van der Waals surface area contributed by atoms with Crippen LogP contribution in [-0.2, 0) is 0 Å². The Labute approximate surface area is 95.6 Å². The SMILES string of the molecule is O=C(O)c1ccc(-c2ncc[nH]2)cc1C(=O)O. The first-order valence-corrected chi connectivity index (χ1v) is 4.70. The second-order valence-corrected chi connectivity index (χ2v) is 3.31. The number of carboxylic acids is 2. The zero-order valence-electron chi connectivity index (χ0n) is 8.54. The number of hydrogen-bond acceptors (Lipinski definition) is 3. The fraction of sp³-hybridized carbons (Fsp3) is 0. The normalized spacial score (nSPS) is 10.1. The van der Waals surface area contributed by atoms with Crippen LogP contribution in [0.1, 0.15) is 20.7 Å². The van der Waals surface area contributed by atoms with Gasteiger partial charge in [-0.2, -0.15) is 0 Å². The van der Waals surface area contributed by atoms with Gasteiger partial charge in [-0.15, -0.1) is 0 Å². The highest BCUT2D eigenvalue weighted by atomic mass is 16.4. The van der Waals surface area contributed by atoms with Gasteiger partial charge in [0.2, 0.25) is 0 Å². The highest BCUT2D eigenvalue weighted by molar-refractivity contribution is 6.02. The first-order chi connectivity index (χ1) is 8.09. The lowest BCUT2D eigenvalue weighted by Crippen LogP contribution is -2.08. The van der Waals surface area contributed by atoms with E-state index in [1.54, 1.807) is 6.20 Å². The molecule has 0 saturated heterocycles. The maximum absolute atomic E-state index is 11.0. The van der Waals surface area contributed by atoms with Gasteiger partial charge in [-0.25, -0.2) is 14.6 Å². The van der Waals surface area contributed by atoms with Crippen molar-refractivity contribution in [2.75, 3.05) is 0 Å². The molecule has 0 aliphatic carbocycles. The third-order valence-corrected chi connectivity index (χ3v) is 2.25. The topological polar surface area (TPSA) is 103 Å². The molecule has 0 saturated carbocycles. The highest BCUT2D eigenvalue weighted by Gasteiger charge is 2.17. The van der Waals surface area contributed by atoms with Gasteiger partial charge >= 0.3 is 11.9 Å². The van der Waals surface area contributed by atoms with Gasteiger partial charge in [0.05, 0.1) is 11.1 Å². The summed E-state index contributed by atoms with van der Waals surface area (Å²) >= 11 is 0. The van der Waals surface area contributed by atoms with Crippen LogP contribution in [0, 0.1) is 0 Å². The summed E-state index contributed by atoms with van der Waals surface area (Å²) in [5.74, 6) is -2.06. The number of carbonyl (C=O) groups is 2. The zero-order chi connectivity index (χ0) is 12.4. The van der Waals surface area contributed by atoms with Crippen molar-refractivity contribution >= 4 is 11.9 Å². The summed E-state index contributed by atoms with van der Waals surface area (Å²) in [4.78, 5) is 28.6. The predicted molar refractivity (Wildman–Crippen MR) is 57.9 cm³/mol. The number of H-pyrrole nitrogens is 1. The summed E-state index contributed by atoms with van der Waals surface area (Å²) in [6, 6.07) is 4.04. The average Bonchev–Trinajstić information content (AvgIpc) is 2.81. The molecular formula is C11H8N2O4. The summed E-state index contributed by atoms with van der Waals surface area (Å²) < 4.78 is 0. The first-order valence-electron chi connectivity index (χ1n) is 4.70. The number of aromatic nitrogens is 2. The first kappa shape index (κ1) is 10.9. The van der Waals surface area contributed by atoms with E-state index in [9.17, 15) is 9.59 Å². The monoisotopic (exact) mass is 232 g/mol. The molecule has 0 aliphatic heterocycles. The molecule has 0 radical (unpaired) electrons. The standard InChI is InChI=1S/C11H8N2O4/c14-10(15)7-2-1-6(5-8(7)11(16)17)9-12-3-4-13-9/h1-5H,(H,12,13)(H,14,15)(H,16,17). The van der Waals surface area contributed by atoms with Crippen LogP contribution >= 0.6 is 0 Å². The van der Waals surface area contributed by atoms with Crippen molar-refractivity contribution < 1.29 is 19.8 Å². The number of rotatable bonds is 3. The van der Waals surface area contributed by atoms with Crippen LogP contribution in [0.15, 0.2) is 30.6 Å². The van der Waals surface area contributed by atoms with E-state index in [0.717, 1.165) is 0 Å². The van der Waals surface area contributed by atoms with Gasteiger partial charge in [0.25, 0.3) is 0 Å². The lowest BCUT2D eigenvalue weighted by molar-refractivity contribution is 0.0651. The third-order valence-electron chi connectivity index (χ3n) is 2.25. The van der Waals surface area contributed by atoms with E-state index in [0.29, 0.717) is 11.4 Å².